The average Bonchev–Trinajstić information content (AvgIpc) is 2.18. The van der Waals surface area contributed by atoms with Crippen molar-refractivity contribution in [3.05, 3.63) is 33.4 Å². The van der Waals surface area contributed by atoms with Gasteiger partial charge in [0.2, 0.25) is 0 Å². The van der Waals surface area contributed by atoms with Crippen LogP contribution < -0.4 is 12.3 Å². The van der Waals surface area contributed by atoms with Gasteiger partial charge >= 0.3 is 11.9 Å². The quantitative estimate of drug-likeness (QED) is 0.640. The maximum absolute atomic E-state index is 11.1. The number of carboxylic acids is 2. The van der Waals surface area contributed by atoms with Crippen LogP contribution in [0.4, 0.5) is 0 Å². The van der Waals surface area contributed by atoms with Crippen LogP contribution in [0.3, 0.4) is 0 Å². The normalized spacial score (nSPS) is 9.11. The van der Waals surface area contributed by atoms with E-state index in [2.05, 4.69) is 0 Å². The molecule has 0 spiro atoms. The lowest BCUT2D eigenvalue weighted by Gasteiger charge is -2.15. The van der Waals surface area contributed by atoms with Crippen LogP contribution >= 0.6 is 0 Å². The molecule has 0 aliphatic carbocycles. The van der Waals surface area contributed by atoms with Gasteiger partial charge in [-0.15, -0.1) is 0 Å². The third-order valence-electron chi connectivity index (χ3n) is 3.12. The van der Waals surface area contributed by atoms with E-state index in [0.29, 0.717) is 11.1 Å². The van der Waals surface area contributed by atoms with E-state index < -0.39 is 11.9 Å². The zero-order chi connectivity index (χ0) is 12.6. The van der Waals surface area contributed by atoms with Gasteiger partial charge in [0.05, 0.1) is 11.1 Å². The van der Waals surface area contributed by atoms with Gasteiger partial charge in [0.15, 0.2) is 0 Å². The van der Waals surface area contributed by atoms with Crippen molar-refractivity contribution in [2.75, 3.05) is 0 Å². The molecule has 0 bridgehead atoms. The molecule has 0 amide bonds. The highest BCUT2D eigenvalue weighted by Crippen LogP contribution is 2.26. The molecule has 6 nitrogen and oxygen atoms in total. The van der Waals surface area contributed by atoms with E-state index in [1.807, 2.05) is 0 Å². The number of carbonyl (C=O) groups is 2. The van der Waals surface area contributed by atoms with E-state index in [4.69, 9.17) is 10.2 Å². The summed E-state index contributed by atoms with van der Waals surface area (Å²) in [6, 6.07) is 0. The van der Waals surface area contributed by atoms with Gasteiger partial charge in [-0.05, 0) is 49.9 Å². The van der Waals surface area contributed by atoms with Gasteiger partial charge in [-0.1, -0.05) is 0 Å². The van der Waals surface area contributed by atoms with Crippen LogP contribution in [0.2, 0.25) is 0 Å². The van der Waals surface area contributed by atoms with Gasteiger partial charge in [0.1, 0.15) is 0 Å². The second kappa shape index (κ2) is 6.13. The first-order chi connectivity index (χ1) is 7.29. The Balaban J connectivity index is 0. The number of rotatable bonds is 2. The molecule has 0 aliphatic heterocycles. The standard InChI is InChI=1S/C12H14O4.2H3N/c1-5-6(2)8(4)10(12(15)16)9(7(5)3)11(13)14;;/h1-4H3,(H,13,14)(H,15,16);2*1H3. The molecule has 0 atom stereocenters. The summed E-state index contributed by atoms with van der Waals surface area (Å²) >= 11 is 0. The van der Waals surface area contributed by atoms with Gasteiger partial charge < -0.3 is 22.5 Å². The lowest BCUT2D eigenvalue weighted by atomic mass is 9.89. The first-order valence-corrected chi connectivity index (χ1v) is 4.86. The molecule has 0 radical (unpaired) electrons. The van der Waals surface area contributed by atoms with Crippen molar-refractivity contribution in [3.63, 3.8) is 0 Å². The van der Waals surface area contributed by atoms with Crippen LogP contribution in [0.1, 0.15) is 43.0 Å². The van der Waals surface area contributed by atoms with E-state index >= 15 is 0 Å². The maximum atomic E-state index is 11.1. The highest BCUT2D eigenvalue weighted by molar-refractivity contribution is 6.04. The Morgan fingerprint density at radius 3 is 1.06 bits per heavy atom. The minimum atomic E-state index is -1.19. The lowest BCUT2D eigenvalue weighted by molar-refractivity contribution is 0.0650. The molecule has 6 heteroatoms. The van der Waals surface area contributed by atoms with Crippen molar-refractivity contribution in [3.8, 4) is 0 Å². The van der Waals surface area contributed by atoms with Crippen molar-refractivity contribution in [1.82, 2.24) is 12.3 Å². The molecule has 0 aliphatic rings. The second-order valence-corrected chi connectivity index (χ2v) is 3.86. The summed E-state index contributed by atoms with van der Waals surface area (Å²) in [5.74, 6) is -2.39. The summed E-state index contributed by atoms with van der Waals surface area (Å²) in [4.78, 5) is 22.2. The van der Waals surface area contributed by atoms with Gasteiger partial charge in [-0.25, -0.2) is 9.59 Å². The van der Waals surface area contributed by atoms with E-state index in [1.165, 1.54) is 0 Å². The zero-order valence-electron chi connectivity index (χ0n) is 11.1. The number of hydrogen-bond donors (Lipinski definition) is 4. The fourth-order valence-corrected chi connectivity index (χ4v) is 1.85. The van der Waals surface area contributed by atoms with Crippen molar-refractivity contribution >= 4 is 11.9 Å². The molecule has 0 fully saturated rings. The largest absolute Gasteiger partial charge is 0.478 e. The van der Waals surface area contributed by atoms with Gasteiger partial charge in [-0.2, -0.15) is 0 Å². The van der Waals surface area contributed by atoms with Crippen LogP contribution in [0.25, 0.3) is 0 Å². The Bertz CT molecular complexity index is 451. The molecule has 18 heavy (non-hydrogen) atoms. The number of hydrogen-bond acceptors (Lipinski definition) is 4. The monoisotopic (exact) mass is 256 g/mol. The van der Waals surface area contributed by atoms with Crippen LogP contribution in [0, 0.1) is 27.7 Å². The number of aromatic carboxylic acids is 2. The Morgan fingerprint density at radius 2 is 0.889 bits per heavy atom. The first kappa shape index (κ1) is 18.4. The second-order valence-electron chi connectivity index (χ2n) is 3.86. The maximum Gasteiger partial charge on any atom is 0.336 e. The van der Waals surface area contributed by atoms with Gasteiger partial charge in [-0.3, -0.25) is 0 Å². The minimum Gasteiger partial charge on any atom is -0.478 e. The van der Waals surface area contributed by atoms with Crippen LogP contribution in [-0.2, 0) is 0 Å². The van der Waals surface area contributed by atoms with E-state index in [0.717, 1.165) is 11.1 Å². The molecule has 1 rings (SSSR count). The molecular weight excluding hydrogens is 236 g/mol. The van der Waals surface area contributed by atoms with Crippen LogP contribution in [0.5, 0.6) is 0 Å². The summed E-state index contributed by atoms with van der Waals surface area (Å²) in [6.07, 6.45) is 0. The summed E-state index contributed by atoms with van der Waals surface area (Å²) in [7, 11) is 0. The predicted octanol–water partition coefficient (Wildman–Crippen LogP) is 2.64. The highest BCUT2D eigenvalue weighted by Gasteiger charge is 2.24. The molecule has 0 saturated heterocycles. The Labute approximate surface area is 106 Å². The predicted molar refractivity (Wildman–Crippen MR) is 69.4 cm³/mol. The smallest absolute Gasteiger partial charge is 0.336 e. The van der Waals surface area contributed by atoms with Crippen molar-refractivity contribution in [2.24, 2.45) is 0 Å². The van der Waals surface area contributed by atoms with Crippen LogP contribution in [-0.4, -0.2) is 22.2 Å². The molecule has 8 N–H and O–H groups in total. The topological polar surface area (TPSA) is 145 Å². The Kier molecular flexibility index (Phi) is 6.28. The van der Waals surface area contributed by atoms with Crippen molar-refractivity contribution in [1.29, 1.82) is 0 Å². The first-order valence-electron chi connectivity index (χ1n) is 4.86. The fraction of sp³-hybridized carbons (Fsp3) is 0.333. The number of carboxylic acid groups (broad SMARTS) is 2. The molecule has 0 heterocycles. The molecule has 0 aromatic heterocycles. The van der Waals surface area contributed by atoms with Crippen molar-refractivity contribution in [2.45, 2.75) is 27.7 Å². The van der Waals surface area contributed by atoms with Crippen molar-refractivity contribution < 1.29 is 19.8 Å². The number of benzene rings is 1. The molecule has 1 aromatic carbocycles. The molecule has 0 unspecified atom stereocenters. The molecule has 102 valence electrons. The summed E-state index contributed by atoms with van der Waals surface area (Å²) in [5.41, 5.74) is 2.50. The van der Waals surface area contributed by atoms with E-state index in [9.17, 15) is 9.59 Å². The summed E-state index contributed by atoms with van der Waals surface area (Å²) in [6.45, 7) is 6.88. The summed E-state index contributed by atoms with van der Waals surface area (Å²) in [5, 5.41) is 18.1. The summed E-state index contributed by atoms with van der Waals surface area (Å²) < 4.78 is 0. The zero-order valence-corrected chi connectivity index (χ0v) is 11.1. The Morgan fingerprint density at radius 1 is 0.667 bits per heavy atom. The van der Waals surface area contributed by atoms with Gasteiger partial charge in [0, 0.05) is 0 Å². The SMILES string of the molecule is Cc1c(C)c(C)c(C(=O)O)c(C(=O)O)c1C.N.N. The highest BCUT2D eigenvalue weighted by atomic mass is 16.4. The molecular formula is C12H20N2O4. The van der Waals surface area contributed by atoms with E-state index in [-0.39, 0.29) is 23.4 Å². The molecule has 1 aromatic rings. The van der Waals surface area contributed by atoms with Gasteiger partial charge in [0.25, 0.3) is 0 Å². The Hall–Kier alpha value is -1.92. The average molecular weight is 256 g/mol. The molecule has 0 saturated carbocycles. The minimum absolute atomic E-state index is 0. The van der Waals surface area contributed by atoms with Crippen LogP contribution in [0.15, 0.2) is 0 Å². The fourth-order valence-electron chi connectivity index (χ4n) is 1.85. The van der Waals surface area contributed by atoms with E-state index in [1.54, 1.807) is 27.7 Å². The third-order valence-corrected chi connectivity index (χ3v) is 3.12. The third kappa shape index (κ3) is 2.66. The lowest BCUT2D eigenvalue weighted by Crippen LogP contribution is -2.15.